The van der Waals surface area contributed by atoms with Crippen LogP contribution in [-0.2, 0) is 11.2 Å². The molecule has 0 aromatic heterocycles. The minimum Gasteiger partial charge on any atom is -0.493 e. The van der Waals surface area contributed by atoms with Crippen LogP contribution in [0.5, 0.6) is 17.2 Å². The number of anilines is 1. The van der Waals surface area contributed by atoms with E-state index in [2.05, 4.69) is 5.32 Å². The summed E-state index contributed by atoms with van der Waals surface area (Å²) in [5.41, 5.74) is 0.857. The third-order valence-corrected chi connectivity index (χ3v) is 3.97. The van der Waals surface area contributed by atoms with Crippen LogP contribution in [0.4, 0.5) is 11.4 Å². The Morgan fingerprint density at radius 1 is 0.964 bits per heavy atom. The quantitative estimate of drug-likeness (QED) is 0.480. The summed E-state index contributed by atoms with van der Waals surface area (Å²) in [7, 11) is 1.57. The number of carbonyl (C=O) groups excluding carboxylic acids is 1. The molecule has 0 fully saturated rings. The van der Waals surface area contributed by atoms with Crippen molar-refractivity contribution in [1.29, 1.82) is 0 Å². The topological polar surface area (TPSA) is 90.7 Å². The van der Waals surface area contributed by atoms with Crippen LogP contribution >= 0.6 is 0 Å². The summed E-state index contributed by atoms with van der Waals surface area (Å²) < 4.78 is 11.0. The second-order valence-electron chi connectivity index (χ2n) is 5.89. The largest absolute Gasteiger partial charge is 0.493 e. The predicted octanol–water partition coefficient (Wildman–Crippen LogP) is 4.58. The lowest BCUT2D eigenvalue weighted by Gasteiger charge is -2.11. The summed E-state index contributed by atoms with van der Waals surface area (Å²) in [5, 5.41) is 13.8. The van der Waals surface area contributed by atoms with Crippen molar-refractivity contribution in [3.05, 3.63) is 88.5 Å². The van der Waals surface area contributed by atoms with E-state index in [-0.39, 0.29) is 18.0 Å². The first kappa shape index (κ1) is 18.9. The number of ether oxygens (including phenoxy) is 2. The van der Waals surface area contributed by atoms with Gasteiger partial charge >= 0.3 is 0 Å². The van der Waals surface area contributed by atoms with Crippen LogP contribution in [-0.4, -0.2) is 17.9 Å². The summed E-state index contributed by atoms with van der Waals surface area (Å²) in [4.78, 5) is 22.8. The Morgan fingerprint density at radius 2 is 1.61 bits per heavy atom. The molecule has 0 heterocycles. The van der Waals surface area contributed by atoms with E-state index in [0.29, 0.717) is 28.5 Å². The molecule has 142 valence electrons. The van der Waals surface area contributed by atoms with Gasteiger partial charge in [-0.3, -0.25) is 14.9 Å². The van der Waals surface area contributed by atoms with Crippen molar-refractivity contribution in [1.82, 2.24) is 0 Å². The first-order chi connectivity index (χ1) is 13.6. The number of methoxy groups -OCH3 is 1. The van der Waals surface area contributed by atoms with Gasteiger partial charge in [0.1, 0.15) is 5.75 Å². The van der Waals surface area contributed by atoms with Gasteiger partial charge in [0.15, 0.2) is 11.5 Å². The number of benzene rings is 3. The van der Waals surface area contributed by atoms with Gasteiger partial charge in [-0.15, -0.1) is 0 Å². The highest BCUT2D eigenvalue weighted by molar-refractivity contribution is 5.92. The highest BCUT2D eigenvalue weighted by atomic mass is 16.6. The molecule has 3 aromatic rings. The fourth-order valence-electron chi connectivity index (χ4n) is 2.65. The standard InChI is InChI=1S/C21H18N2O5/c1-27-19-8-4-5-9-20(19)28-17-12-10-16(11-13-17)22-21(24)14-15-6-2-3-7-18(15)23(25)26/h2-13H,14H2,1H3,(H,22,24). The molecule has 0 unspecified atom stereocenters. The molecule has 0 spiro atoms. The van der Waals surface area contributed by atoms with Crippen molar-refractivity contribution >= 4 is 17.3 Å². The van der Waals surface area contributed by atoms with Crippen LogP contribution in [0, 0.1) is 10.1 Å². The van der Waals surface area contributed by atoms with Gasteiger partial charge in [-0.1, -0.05) is 30.3 Å². The van der Waals surface area contributed by atoms with Gasteiger partial charge in [0.2, 0.25) is 5.91 Å². The molecule has 7 nitrogen and oxygen atoms in total. The zero-order valence-corrected chi connectivity index (χ0v) is 15.1. The molecular formula is C21H18N2O5. The van der Waals surface area contributed by atoms with E-state index in [1.54, 1.807) is 61.7 Å². The molecule has 0 saturated carbocycles. The zero-order valence-electron chi connectivity index (χ0n) is 15.1. The lowest BCUT2D eigenvalue weighted by molar-refractivity contribution is -0.385. The first-order valence-electron chi connectivity index (χ1n) is 8.50. The maximum Gasteiger partial charge on any atom is 0.273 e. The Kier molecular flexibility index (Phi) is 5.86. The van der Waals surface area contributed by atoms with E-state index < -0.39 is 4.92 Å². The Balaban J connectivity index is 1.64. The van der Waals surface area contributed by atoms with Crippen molar-refractivity contribution in [2.75, 3.05) is 12.4 Å². The highest BCUT2D eigenvalue weighted by Crippen LogP contribution is 2.31. The number of nitrogens with zero attached hydrogens (tertiary/aromatic N) is 1. The molecule has 0 aliphatic heterocycles. The summed E-state index contributed by atoms with van der Waals surface area (Å²) in [6.07, 6.45) is -0.0867. The molecule has 0 aliphatic carbocycles. The summed E-state index contributed by atoms with van der Waals surface area (Å²) in [5.74, 6) is 1.44. The number of carbonyl (C=O) groups is 1. The lowest BCUT2D eigenvalue weighted by Crippen LogP contribution is -2.15. The minimum absolute atomic E-state index is 0.0711. The molecular weight excluding hydrogens is 360 g/mol. The first-order valence-corrected chi connectivity index (χ1v) is 8.50. The molecule has 0 radical (unpaired) electrons. The average molecular weight is 378 g/mol. The molecule has 1 amide bonds. The smallest absolute Gasteiger partial charge is 0.273 e. The van der Waals surface area contributed by atoms with Gasteiger partial charge in [0.25, 0.3) is 5.69 Å². The number of rotatable bonds is 7. The van der Waals surface area contributed by atoms with Crippen molar-refractivity contribution < 1.29 is 19.2 Å². The maximum absolute atomic E-state index is 12.2. The molecule has 3 rings (SSSR count). The van der Waals surface area contributed by atoms with Crippen molar-refractivity contribution in [3.8, 4) is 17.2 Å². The number of hydrogen-bond acceptors (Lipinski definition) is 5. The molecule has 0 aliphatic rings. The van der Waals surface area contributed by atoms with Crippen molar-refractivity contribution in [2.45, 2.75) is 6.42 Å². The zero-order chi connectivity index (χ0) is 19.9. The van der Waals surface area contributed by atoms with Crippen LogP contribution < -0.4 is 14.8 Å². The molecule has 0 saturated heterocycles. The summed E-state index contributed by atoms with van der Waals surface area (Å²) in [6, 6.07) is 20.3. The van der Waals surface area contributed by atoms with E-state index in [1.165, 1.54) is 6.07 Å². The minimum atomic E-state index is -0.493. The second-order valence-corrected chi connectivity index (χ2v) is 5.89. The van der Waals surface area contributed by atoms with Crippen LogP contribution in [0.2, 0.25) is 0 Å². The SMILES string of the molecule is COc1ccccc1Oc1ccc(NC(=O)Cc2ccccc2[N+](=O)[O-])cc1. The van der Waals surface area contributed by atoms with Gasteiger partial charge in [0, 0.05) is 17.3 Å². The van der Waals surface area contributed by atoms with Gasteiger partial charge < -0.3 is 14.8 Å². The fraction of sp³-hybridized carbons (Fsp3) is 0.0952. The van der Waals surface area contributed by atoms with Gasteiger partial charge in [-0.05, 0) is 36.4 Å². The number of nitro benzene ring substituents is 1. The van der Waals surface area contributed by atoms with Crippen molar-refractivity contribution in [3.63, 3.8) is 0 Å². The monoisotopic (exact) mass is 378 g/mol. The Morgan fingerprint density at radius 3 is 2.29 bits per heavy atom. The number of hydrogen-bond donors (Lipinski definition) is 1. The normalized spacial score (nSPS) is 10.2. The Labute approximate surface area is 161 Å². The van der Waals surface area contributed by atoms with Crippen LogP contribution in [0.15, 0.2) is 72.8 Å². The van der Waals surface area contributed by atoms with Crippen LogP contribution in [0.1, 0.15) is 5.56 Å². The predicted molar refractivity (Wildman–Crippen MR) is 105 cm³/mol. The lowest BCUT2D eigenvalue weighted by atomic mass is 10.1. The number of amides is 1. The molecule has 1 N–H and O–H groups in total. The van der Waals surface area contributed by atoms with E-state index in [9.17, 15) is 14.9 Å². The third kappa shape index (κ3) is 4.64. The van der Waals surface area contributed by atoms with E-state index >= 15 is 0 Å². The highest BCUT2D eigenvalue weighted by Gasteiger charge is 2.15. The van der Waals surface area contributed by atoms with Gasteiger partial charge in [-0.2, -0.15) is 0 Å². The summed E-state index contributed by atoms with van der Waals surface area (Å²) >= 11 is 0. The van der Waals surface area contributed by atoms with Crippen molar-refractivity contribution in [2.24, 2.45) is 0 Å². The van der Waals surface area contributed by atoms with Gasteiger partial charge in [-0.25, -0.2) is 0 Å². The average Bonchev–Trinajstić information content (AvgIpc) is 2.70. The van der Waals surface area contributed by atoms with E-state index in [1.807, 2.05) is 12.1 Å². The van der Waals surface area contributed by atoms with Crippen LogP contribution in [0.3, 0.4) is 0 Å². The third-order valence-electron chi connectivity index (χ3n) is 3.97. The Hall–Kier alpha value is -3.87. The number of para-hydroxylation sites is 3. The summed E-state index contributed by atoms with van der Waals surface area (Å²) in [6.45, 7) is 0. The maximum atomic E-state index is 12.2. The molecule has 7 heteroatoms. The Bertz CT molecular complexity index is 986. The molecule has 0 bridgehead atoms. The fourth-order valence-corrected chi connectivity index (χ4v) is 2.65. The molecule has 3 aromatic carbocycles. The van der Waals surface area contributed by atoms with Crippen LogP contribution in [0.25, 0.3) is 0 Å². The number of nitro groups is 1. The molecule has 0 atom stereocenters. The van der Waals surface area contributed by atoms with E-state index in [4.69, 9.17) is 9.47 Å². The van der Waals surface area contributed by atoms with E-state index in [0.717, 1.165) is 0 Å². The number of nitrogens with one attached hydrogen (secondary N) is 1. The second kappa shape index (κ2) is 8.68. The van der Waals surface area contributed by atoms with Gasteiger partial charge in [0.05, 0.1) is 18.5 Å². The molecule has 28 heavy (non-hydrogen) atoms.